The molecular weight excluding hydrogens is 902 g/mol. The Bertz CT molecular complexity index is 3330. The second-order valence-electron chi connectivity index (χ2n) is 12.3. The van der Waals surface area contributed by atoms with Crippen LogP contribution in [0.2, 0.25) is 10.3 Å². The number of hydrogen-bond donors (Lipinski definition) is 6. The lowest BCUT2D eigenvalue weighted by Crippen LogP contribution is -2.06. The number of fused-ring (bicyclic) bond motifs is 3. The molecule has 0 saturated carbocycles. The van der Waals surface area contributed by atoms with Crippen molar-refractivity contribution in [3.05, 3.63) is 91.5 Å². The minimum atomic E-state index is -5.21. The summed E-state index contributed by atoms with van der Waals surface area (Å²) in [6.45, 7) is 1.27. The van der Waals surface area contributed by atoms with E-state index in [2.05, 4.69) is 40.2 Å². The van der Waals surface area contributed by atoms with E-state index in [0.29, 0.717) is 32.1 Å². The number of benzene rings is 5. The third-order valence-electron chi connectivity index (χ3n) is 8.44. The van der Waals surface area contributed by atoms with Gasteiger partial charge in [0.25, 0.3) is 36.0 Å². The Morgan fingerprint density at radius 3 is 2.15 bits per heavy atom. The summed E-state index contributed by atoms with van der Waals surface area (Å²) in [4.78, 5) is 21.1. The van der Waals surface area contributed by atoms with E-state index < -0.39 is 67.7 Å². The molecule has 0 unspecified atom stereocenters. The Morgan fingerprint density at radius 2 is 1.49 bits per heavy atom. The predicted octanol–water partition coefficient (Wildman–Crippen LogP) is 7.53. The molecule has 2 heterocycles. The third kappa shape index (κ3) is 8.54. The number of anilines is 4. The molecule has 0 amide bonds. The monoisotopic (exact) mass is 921 g/mol. The number of nitrogens with one attached hydrogen (secondary N) is 2. The molecule has 0 saturated heterocycles. The van der Waals surface area contributed by atoms with Gasteiger partial charge in [0.15, 0.2) is 5.75 Å². The van der Waals surface area contributed by atoms with Crippen molar-refractivity contribution in [3.8, 4) is 5.75 Å². The highest BCUT2D eigenvalue weighted by atomic mass is 35.5. The fourth-order valence-electron chi connectivity index (χ4n) is 5.88. The molecule has 7 aromatic rings. The normalized spacial score (nSPS) is 12.5. The van der Waals surface area contributed by atoms with Gasteiger partial charge in [0.05, 0.1) is 42.4 Å². The average molecular weight is 923 g/mol. The number of nitro groups is 1. The fraction of sp³-hybridized carbons (Fsp3) is 0.0625. The SMILES string of the molecule is Cc1cc(S(=O)(=O)O)cc2c(Cl)cc(Nc3nc(Cl)nc(Nc4cc(S(=O)(=O)O)cc5cc(S(=O)(=O)O)c(N=NCc6snc7ccc([N+](=O)[O-])cc67)c(O)c45)n3)cc12. The molecule has 0 aliphatic heterocycles. The van der Waals surface area contributed by atoms with Gasteiger partial charge in [-0.15, -0.1) is 0 Å². The van der Waals surface area contributed by atoms with Crippen LogP contribution in [0.5, 0.6) is 5.75 Å². The zero-order chi connectivity index (χ0) is 42.8. The van der Waals surface area contributed by atoms with Crippen LogP contribution in [0.15, 0.2) is 85.6 Å². The Balaban J connectivity index is 1.30. The van der Waals surface area contributed by atoms with Crippen molar-refractivity contribution < 1.29 is 48.9 Å². The zero-order valence-corrected chi connectivity index (χ0v) is 33.8. The first-order valence-electron chi connectivity index (χ1n) is 15.9. The Morgan fingerprint density at radius 1 is 0.814 bits per heavy atom. The molecular formula is C32H21Cl2N9O12S4. The second kappa shape index (κ2) is 15.1. The Hall–Kier alpha value is -5.77. The number of aromatic nitrogens is 4. The van der Waals surface area contributed by atoms with E-state index in [1.54, 1.807) is 13.0 Å². The maximum absolute atomic E-state index is 12.6. The largest absolute Gasteiger partial charge is 0.505 e. The van der Waals surface area contributed by atoms with Gasteiger partial charge >= 0.3 is 0 Å². The quantitative estimate of drug-likeness (QED) is 0.0316. The standard InChI is InChI=1S/C32H21Cl2N9O12S4/c1-13-4-17(57(47,48)49)10-20-19(13)7-15(8-22(20)33)36-31-38-30(34)39-32(40-31)37-24-11-18(58(50,51)52)5-14-6-26(59(53,54)55)28(29(44)27(14)24)41-35-12-25-21-9-16(43(45)46)2-3-23(21)42-56-25/h2-11,44H,12H2,1H3,(H,47,48,49)(H,50,51,52)(H,53,54,55)(H2,36,37,38,39,40). The number of phenolic OH excluding ortho intramolecular Hbond substituents is 1. The van der Waals surface area contributed by atoms with Gasteiger partial charge in [-0.25, -0.2) is 0 Å². The summed E-state index contributed by atoms with van der Waals surface area (Å²) < 4.78 is 107. The number of aromatic hydroxyl groups is 1. The Kier molecular flexibility index (Phi) is 10.6. The van der Waals surface area contributed by atoms with E-state index in [4.69, 9.17) is 23.2 Å². The van der Waals surface area contributed by atoms with Crippen molar-refractivity contribution in [2.45, 2.75) is 28.2 Å². The fourth-order valence-corrected chi connectivity index (χ4v) is 8.85. The number of halogens is 2. The number of non-ortho nitro benzene ring substituents is 1. The highest BCUT2D eigenvalue weighted by Gasteiger charge is 2.26. The number of nitro benzene ring substituents is 1. The smallest absolute Gasteiger partial charge is 0.296 e. The van der Waals surface area contributed by atoms with Crippen LogP contribution in [0.25, 0.3) is 32.4 Å². The molecule has 27 heteroatoms. The van der Waals surface area contributed by atoms with Crippen LogP contribution in [0, 0.1) is 17.0 Å². The topological polar surface area (TPSA) is 327 Å². The molecule has 0 aliphatic rings. The van der Waals surface area contributed by atoms with Gasteiger partial charge in [-0.3, -0.25) is 23.8 Å². The zero-order valence-electron chi connectivity index (χ0n) is 29.1. The summed E-state index contributed by atoms with van der Waals surface area (Å²) in [6.07, 6.45) is 0. The third-order valence-corrected chi connectivity index (χ3v) is 12.3. The molecule has 0 bridgehead atoms. The molecule has 0 radical (unpaired) electrons. The lowest BCUT2D eigenvalue weighted by molar-refractivity contribution is -0.384. The molecule has 0 spiro atoms. The van der Waals surface area contributed by atoms with Gasteiger partial charge < -0.3 is 15.7 Å². The van der Waals surface area contributed by atoms with Crippen molar-refractivity contribution in [2.75, 3.05) is 10.6 Å². The first-order chi connectivity index (χ1) is 27.6. The predicted molar refractivity (Wildman–Crippen MR) is 215 cm³/mol. The molecule has 304 valence electrons. The number of aryl methyl sites for hydroxylation is 1. The first-order valence-corrected chi connectivity index (χ1v) is 21.8. The number of nitrogens with zero attached hydrogens (tertiary/aromatic N) is 7. The highest BCUT2D eigenvalue weighted by molar-refractivity contribution is 7.86. The maximum Gasteiger partial charge on any atom is 0.296 e. The van der Waals surface area contributed by atoms with Crippen molar-refractivity contribution in [3.63, 3.8) is 0 Å². The van der Waals surface area contributed by atoms with Crippen LogP contribution in [-0.2, 0) is 36.9 Å². The molecule has 2 aromatic heterocycles. The van der Waals surface area contributed by atoms with Crippen molar-refractivity contribution in [1.29, 1.82) is 0 Å². The number of rotatable bonds is 11. The van der Waals surface area contributed by atoms with Gasteiger partial charge in [-0.05, 0) is 94.9 Å². The highest BCUT2D eigenvalue weighted by Crippen LogP contribution is 2.45. The van der Waals surface area contributed by atoms with Crippen molar-refractivity contribution in [1.82, 2.24) is 19.3 Å². The number of phenols is 1. The maximum atomic E-state index is 12.6. The second-order valence-corrected chi connectivity index (χ2v) is 18.2. The molecule has 0 fully saturated rings. The first kappa shape index (κ1) is 41.4. The molecule has 6 N–H and O–H groups in total. The van der Waals surface area contributed by atoms with Crippen LogP contribution >= 0.6 is 34.7 Å². The number of hydrogen-bond acceptors (Lipinski definition) is 18. The minimum absolute atomic E-state index is 0.0719. The summed E-state index contributed by atoms with van der Waals surface area (Å²) >= 11 is 13.6. The van der Waals surface area contributed by atoms with Gasteiger partial charge in [0.2, 0.25) is 17.2 Å². The molecule has 7 rings (SSSR count). The summed E-state index contributed by atoms with van der Waals surface area (Å²) in [6, 6.07) is 11.8. The minimum Gasteiger partial charge on any atom is -0.505 e. The van der Waals surface area contributed by atoms with Crippen molar-refractivity contribution in [2.24, 2.45) is 10.2 Å². The van der Waals surface area contributed by atoms with Crippen LogP contribution in [-0.4, -0.2) is 68.3 Å². The van der Waals surface area contributed by atoms with Gasteiger partial charge in [0.1, 0.15) is 10.6 Å². The summed E-state index contributed by atoms with van der Waals surface area (Å²) in [5.41, 5.74) is -0.276. The van der Waals surface area contributed by atoms with E-state index in [-0.39, 0.29) is 50.2 Å². The van der Waals surface area contributed by atoms with E-state index in [1.165, 1.54) is 36.4 Å². The number of azo groups is 1. The van der Waals surface area contributed by atoms with Crippen LogP contribution in [0.4, 0.5) is 34.6 Å². The molecule has 0 atom stereocenters. The summed E-state index contributed by atoms with van der Waals surface area (Å²) in [5, 5.41) is 36.3. The van der Waals surface area contributed by atoms with Gasteiger partial charge in [-0.1, -0.05) is 11.6 Å². The van der Waals surface area contributed by atoms with Gasteiger partial charge in [0, 0.05) is 34.0 Å². The lowest BCUT2D eigenvalue weighted by Gasteiger charge is -2.15. The van der Waals surface area contributed by atoms with Gasteiger partial charge in [-0.2, -0.15) is 54.8 Å². The molecule has 5 aromatic carbocycles. The van der Waals surface area contributed by atoms with E-state index in [9.17, 15) is 54.1 Å². The van der Waals surface area contributed by atoms with Crippen LogP contribution in [0.3, 0.4) is 0 Å². The Labute approximate surface area is 345 Å². The summed E-state index contributed by atoms with van der Waals surface area (Å²) in [5.74, 6) is -1.57. The van der Waals surface area contributed by atoms with E-state index in [0.717, 1.165) is 29.7 Å². The average Bonchev–Trinajstić information content (AvgIpc) is 3.53. The van der Waals surface area contributed by atoms with E-state index >= 15 is 0 Å². The molecule has 21 nitrogen and oxygen atoms in total. The summed E-state index contributed by atoms with van der Waals surface area (Å²) in [7, 11) is -14.8. The van der Waals surface area contributed by atoms with Crippen LogP contribution < -0.4 is 10.6 Å². The van der Waals surface area contributed by atoms with Crippen molar-refractivity contribution >= 4 is 132 Å². The van der Waals surface area contributed by atoms with Crippen LogP contribution in [0.1, 0.15) is 10.4 Å². The van der Waals surface area contributed by atoms with E-state index in [1.807, 2.05) is 0 Å². The molecule has 0 aliphatic carbocycles. The molecule has 59 heavy (non-hydrogen) atoms. The lowest BCUT2D eigenvalue weighted by atomic mass is 10.0.